The van der Waals surface area contributed by atoms with Gasteiger partial charge >= 0.3 is 5.97 Å². The van der Waals surface area contributed by atoms with Crippen molar-refractivity contribution in [1.29, 1.82) is 0 Å². The van der Waals surface area contributed by atoms with Gasteiger partial charge in [-0.2, -0.15) is 0 Å². The summed E-state index contributed by atoms with van der Waals surface area (Å²) in [6.07, 6.45) is 2.03. The van der Waals surface area contributed by atoms with Crippen LogP contribution in [0.1, 0.15) is 24.0 Å². The monoisotopic (exact) mass is 537 g/mol. The maximum Gasteiger partial charge on any atom is 0.328 e. The number of methoxy groups -OCH3 is 1. The fourth-order valence-corrected chi connectivity index (χ4v) is 5.39. The Bertz CT molecular complexity index is 1510. The number of hydrogen-bond acceptors (Lipinski definition) is 5. The van der Waals surface area contributed by atoms with Crippen LogP contribution in [0.3, 0.4) is 0 Å². The highest BCUT2D eigenvalue weighted by molar-refractivity contribution is 5.92. The molecule has 0 aliphatic carbocycles. The van der Waals surface area contributed by atoms with E-state index in [-0.39, 0.29) is 18.2 Å². The first-order chi connectivity index (χ1) is 19.5. The van der Waals surface area contributed by atoms with Gasteiger partial charge in [0.2, 0.25) is 11.8 Å². The SMILES string of the molecule is COC(=O)C(Cc1ccc2ccccc2c1)NC(=O)[C@@H](Cc1ccc2ccccc2c1)NC(=O)C1CCNCC1. The number of hydrogen-bond donors (Lipinski definition) is 3. The van der Waals surface area contributed by atoms with Gasteiger partial charge in [0.05, 0.1) is 7.11 Å². The van der Waals surface area contributed by atoms with Gasteiger partial charge in [0.15, 0.2) is 0 Å². The van der Waals surface area contributed by atoms with Crippen LogP contribution in [0, 0.1) is 5.92 Å². The fourth-order valence-electron chi connectivity index (χ4n) is 5.39. The van der Waals surface area contributed by atoms with E-state index < -0.39 is 24.0 Å². The minimum Gasteiger partial charge on any atom is -0.467 e. The number of fused-ring (bicyclic) bond motifs is 2. The van der Waals surface area contributed by atoms with Gasteiger partial charge < -0.3 is 20.7 Å². The molecule has 7 nitrogen and oxygen atoms in total. The number of carbonyl (C=O) groups is 3. The van der Waals surface area contributed by atoms with Crippen molar-refractivity contribution in [2.24, 2.45) is 5.92 Å². The predicted octanol–water partition coefficient (Wildman–Crippen LogP) is 3.92. The highest BCUT2D eigenvalue weighted by atomic mass is 16.5. The van der Waals surface area contributed by atoms with Crippen LogP contribution in [0.15, 0.2) is 84.9 Å². The number of benzene rings is 4. The van der Waals surface area contributed by atoms with Crippen LogP contribution in [0.5, 0.6) is 0 Å². The molecule has 40 heavy (non-hydrogen) atoms. The predicted molar refractivity (Wildman–Crippen MR) is 157 cm³/mol. The normalized spacial score (nSPS) is 15.3. The summed E-state index contributed by atoms with van der Waals surface area (Å²) < 4.78 is 5.05. The van der Waals surface area contributed by atoms with Gasteiger partial charge in [-0.15, -0.1) is 0 Å². The van der Waals surface area contributed by atoms with E-state index in [4.69, 9.17) is 4.74 Å². The van der Waals surface area contributed by atoms with Gasteiger partial charge in [0, 0.05) is 18.8 Å². The van der Waals surface area contributed by atoms with E-state index in [1.807, 2.05) is 84.9 Å². The molecule has 0 bridgehead atoms. The van der Waals surface area contributed by atoms with Gasteiger partial charge in [0.1, 0.15) is 12.1 Å². The summed E-state index contributed by atoms with van der Waals surface area (Å²) in [6, 6.07) is 26.3. The summed E-state index contributed by atoms with van der Waals surface area (Å²) in [4.78, 5) is 39.7. The summed E-state index contributed by atoms with van der Waals surface area (Å²) in [5.74, 6) is -1.23. The number of nitrogens with one attached hydrogen (secondary N) is 3. The van der Waals surface area contributed by atoms with Gasteiger partial charge in [-0.25, -0.2) is 4.79 Å². The van der Waals surface area contributed by atoms with Crippen molar-refractivity contribution < 1.29 is 19.1 Å². The lowest BCUT2D eigenvalue weighted by Gasteiger charge is -2.26. The number of ether oxygens (including phenoxy) is 1. The van der Waals surface area contributed by atoms with Gasteiger partial charge in [-0.3, -0.25) is 9.59 Å². The zero-order valence-electron chi connectivity index (χ0n) is 22.7. The molecule has 3 N–H and O–H groups in total. The van der Waals surface area contributed by atoms with Gasteiger partial charge in [-0.05, 0) is 58.6 Å². The zero-order chi connectivity index (χ0) is 27.9. The largest absolute Gasteiger partial charge is 0.467 e. The number of amides is 2. The van der Waals surface area contributed by atoms with Crippen molar-refractivity contribution in [1.82, 2.24) is 16.0 Å². The molecule has 2 atom stereocenters. The van der Waals surface area contributed by atoms with Crippen LogP contribution in [0.4, 0.5) is 0 Å². The van der Waals surface area contributed by atoms with Crippen LogP contribution in [0.25, 0.3) is 21.5 Å². The molecule has 2 amide bonds. The third-order valence-corrected chi connectivity index (χ3v) is 7.65. The molecule has 7 heteroatoms. The molecule has 1 heterocycles. The first-order valence-corrected chi connectivity index (χ1v) is 13.8. The minimum atomic E-state index is -0.895. The third-order valence-electron chi connectivity index (χ3n) is 7.65. The highest BCUT2D eigenvalue weighted by Crippen LogP contribution is 2.19. The molecule has 206 valence electrons. The maximum atomic E-state index is 13.7. The van der Waals surface area contributed by atoms with E-state index in [0.29, 0.717) is 6.42 Å². The van der Waals surface area contributed by atoms with Crippen molar-refractivity contribution in [2.75, 3.05) is 20.2 Å². The fraction of sp³-hybridized carbons (Fsp3) is 0.303. The molecular weight excluding hydrogens is 502 g/mol. The molecule has 0 radical (unpaired) electrons. The molecule has 4 aromatic carbocycles. The van der Waals surface area contributed by atoms with Crippen molar-refractivity contribution in [3.05, 3.63) is 96.1 Å². The molecule has 1 unspecified atom stereocenters. The van der Waals surface area contributed by atoms with E-state index in [0.717, 1.165) is 58.6 Å². The van der Waals surface area contributed by atoms with Crippen molar-refractivity contribution in [2.45, 2.75) is 37.8 Å². The Morgan fingerprint density at radius 1 is 0.750 bits per heavy atom. The van der Waals surface area contributed by atoms with Crippen LogP contribution in [-0.4, -0.2) is 50.1 Å². The van der Waals surface area contributed by atoms with Gasteiger partial charge in [-0.1, -0.05) is 84.9 Å². The molecule has 1 saturated heterocycles. The lowest BCUT2D eigenvalue weighted by atomic mass is 9.95. The molecule has 4 aromatic rings. The molecule has 0 spiro atoms. The van der Waals surface area contributed by atoms with E-state index in [9.17, 15) is 14.4 Å². The number of carbonyl (C=O) groups excluding carboxylic acids is 3. The first-order valence-electron chi connectivity index (χ1n) is 13.8. The Labute approximate surface area is 234 Å². The number of piperidine rings is 1. The smallest absolute Gasteiger partial charge is 0.328 e. The standard InChI is InChI=1S/C33H35N3O4/c1-40-33(39)30(21-23-11-13-25-7-3-5-9-28(25)19-23)36-32(38)29(35-31(37)26-14-16-34-17-15-26)20-22-10-12-24-6-2-4-8-27(24)18-22/h2-13,18-19,26,29-30,34H,14-17,20-21H2,1H3,(H,35,37)(H,36,38)/t29-,30?/m1/s1. The highest BCUT2D eigenvalue weighted by Gasteiger charge is 2.30. The second-order valence-electron chi connectivity index (χ2n) is 10.4. The van der Waals surface area contributed by atoms with E-state index in [1.165, 1.54) is 7.11 Å². The third kappa shape index (κ3) is 6.66. The molecular formula is C33H35N3O4. The summed E-state index contributed by atoms with van der Waals surface area (Å²) >= 11 is 0. The van der Waals surface area contributed by atoms with Crippen molar-refractivity contribution in [3.8, 4) is 0 Å². The van der Waals surface area contributed by atoms with E-state index in [2.05, 4.69) is 16.0 Å². The van der Waals surface area contributed by atoms with E-state index in [1.54, 1.807) is 0 Å². The summed E-state index contributed by atoms with van der Waals surface area (Å²) in [6.45, 7) is 1.55. The van der Waals surface area contributed by atoms with Crippen LogP contribution in [-0.2, 0) is 32.0 Å². The average molecular weight is 538 g/mol. The number of rotatable bonds is 9. The average Bonchev–Trinajstić information content (AvgIpc) is 3.00. The Morgan fingerprint density at radius 2 is 1.27 bits per heavy atom. The maximum absolute atomic E-state index is 13.7. The molecule has 5 rings (SSSR count). The topological polar surface area (TPSA) is 96.5 Å². The van der Waals surface area contributed by atoms with Gasteiger partial charge in [0.25, 0.3) is 0 Å². The zero-order valence-corrected chi connectivity index (χ0v) is 22.7. The molecule has 0 aromatic heterocycles. The van der Waals surface area contributed by atoms with Crippen LogP contribution in [0.2, 0.25) is 0 Å². The Balaban J connectivity index is 1.37. The van der Waals surface area contributed by atoms with Crippen molar-refractivity contribution in [3.63, 3.8) is 0 Å². The summed E-state index contributed by atoms with van der Waals surface area (Å²) in [5, 5.41) is 13.5. The first kappa shape index (κ1) is 27.3. The molecule has 0 saturated carbocycles. The quantitative estimate of drug-likeness (QED) is 0.281. The summed E-state index contributed by atoms with van der Waals surface area (Å²) in [5.41, 5.74) is 1.83. The number of esters is 1. The lowest BCUT2D eigenvalue weighted by molar-refractivity contribution is -0.145. The van der Waals surface area contributed by atoms with Crippen molar-refractivity contribution >= 4 is 39.3 Å². The lowest BCUT2D eigenvalue weighted by Crippen LogP contribution is -2.54. The van der Waals surface area contributed by atoms with Crippen LogP contribution >= 0.6 is 0 Å². The van der Waals surface area contributed by atoms with Crippen LogP contribution < -0.4 is 16.0 Å². The molecule has 1 aliphatic heterocycles. The Hall–Kier alpha value is -4.23. The Morgan fingerprint density at radius 3 is 1.82 bits per heavy atom. The minimum absolute atomic E-state index is 0.133. The van der Waals surface area contributed by atoms with E-state index >= 15 is 0 Å². The second kappa shape index (κ2) is 12.7. The summed E-state index contributed by atoms with van der Waals surface area (Å²) in [7, 11) is 1.31. The molecule has 1 fully saturated rings. The Kier molecular flexibility index (Phi) is 8.71. The molecule has 1 aliphatic rings. The second-order valence-corrected chi connectivity index (χ2v) is 10.4.